The minimum atomic E-state index is -3.57. The molecule has 0 saturated carbocycles. The second kappa shape index (κ2) is 7.87. The van der Waals surface area contributed by atoms with Crippen LogP contribution in [0.5, 0.6) is 0 Å². The molecule has 0 heterocycles. The molecule has 3 N–H and O–H groups in total. The summed E-state index contributed by atoms with van der Waals surface area (Å²) in [6, 6.07) is 6.46. The molecule has 1 aromatic rings. The Labute approximate surface area is 123 Å². The van der Waals surface area contributed by atoms with E-state index in [9.17, 15) is 12.6 Å². The van der Waals surface area contributed by atoms with Gasteiger partial charge in [-0.25, -0.2) is 13.1 Å². The topological polar surface area (TPSA) is 89.3 Å². The molecule has 0 spiro atoms. The van der Waals surface area contributed by atoms with Crippen molar-refractivity contribution in [3.63, 3.8) is 0 Å². The fourth-order valence-electron chi connectivity index (χ4n) is 1.67. The van der Waals surface area contributed by atoms with Gasteiger partial charge in [-0.3, -0.25) is 4.21 Å². The molecule has 2 unspecified atom stereocenters. The van der Waals surface area contributed by atoms with Crippen molar-refractivity contribution in [3.8, 4) is 0 Å². The highest BCUT2D eigenvalue weighted by Crippen LogP contribution is 2.18. The SMILES string of the molecule is CCC(N)c1cccc(S(=O)(=O)NCCS(=O)CC)c1. The van der Waals surface area contributed by atoms with Crippen LogP contribution in [0.1, 0.15) is 31.9 Å². The fraction of sp³-hybridized carbons (Fsp3) is 0.538. The maximum Gasteiger partial charge on any atom is 0.240 e. The number of nitrogens with one attached hydrogen (secondary N) is 1. The van der Waals surface area contributed by atoms with Gasteiger partial charge in [0.1, 0.15) is 0 Å². The van der Waals surface area contributed by atoms with Gasteiger partial charge in [0.25, 0.3) is 0 Å². The minimum Gasteiger partial charge on any atom is -0.324 e. The van der Waals surface area contributed by atoms with E-state index in [2.05, 4.69) is 4.72 Å². The predicted molar refractivity (Wildman–Crippen MR) is 82.4 cm³/mol. The first-order valence-corrected chi connectivity index (χ1v) is 9.58. The van der Waals surface area contributed by atoms with Crippen molar-refractivity contribution in [3.05, 3.63) is 29.8 Å². The monoisotopic (exact) mass is 318 g/mol. The zero-order chi connectivity index (χ0) is 15.2. The molecule has 0 aliphatic rings. The molecule has 114 valence electrons. The zero-order valence-electron chi connectivity index (χ0n) is 11.8. The molecule has 0 aliphatic heterocycles. The van der Waals surface area contributed by atoms with E-state index in [1.54, 1.807) is 19.1 Å². The molecule has 1 rings (SSSR count). The minimum absolute atomic E-state index is 0.169. The van der Waals surface area contributed by atoms with Crippen LogP contribution in [-0.4, -0.2) is 30.7 Å². The van der Waals surface area contributed by atoms with Gasteiger partial charge in [-0.15, -0.1) is 0 Å². The van der Waals surface area contributed by atoms with E-state index in [0.29, 0.717) is 11.5 Å². The van der Waals surface area contributed by atoms with Gasteiger partial charge in [-0.1, -0.05) is 26.0 Å². The second-order valence-corrected chi connectivity index (χ2v) is 8.05. The molecule has 1 aromatic carbocycles. The Hall–Kier alpha value is -0.760. The number of benzene rings is 1. The highest BCUT2D eigenvalue weighted by atomic mass is 32.2. The van der Waals surface area contributed by atoms with Crippen molar-refractivity contribution in [1.29, 1.82) is 0 Å². The standard InChI is InChI=1S/C13H22N2O3S2/c1-3-13(14)11-6-5-7-12(10-11)20(17,18)15-8-9-19(16)4-2/h5-7,10,13,15H,3-4,8-9,14H2,1-2H3. The molecule has 0 amide bonds. The van der Waals surface area contributed by atoms with E-state index in [0.717, 1.165) is 12.0 Å². The molecule has 5 nitrogen and oxygen atoms in total. The summed E-state index contributed by atoms with van der Waals surface area (Å²) in [6.07, 6.45) is 0.742. The maximum atomic E-state index is 12.1. The van der Waals surface area contributed by atoms with Gasteiger partial charge in [0.05, 0.1) is 4.90 Å². The van der Waals surface area contributed by atoms with Crippen molar-refractivity contribution in [2.45, 2.75) is 31.2 Å². The van der Waals surface area contributed by atoms with E-state index in [-0.39, 0.29) is 17.5 Å². The van der Waals surface area contributed by atoms with Gasteiger partial charge < -0.3 is 5.73 Å². The Bertz CT molecular complexity index is 558. The van der Waals surface area contributed by atoms with Crippen LogP contribution in [0.15, 0.2) is 29.2 Å². The van der Waals surface area contributed by atoms with E-state index in [1.807, 2.05) is 13.0 Å². The summed E-state index contributed by atoms with van der Waals surface area (Å²) in [5.41, 5.74) is 6.71. The third kappa shape index (κ3) is 4.97. The smallest absolute Gasteiger partial charge is 0.240 e. The second-order valence-electron chi connectivity index (χ2n) is 4.42. The Balaban J connectivity index is 2.79. The van der Waals surface area contributed by atoms with Gasteiger partial charge in [0.15, 0.2) is 0 Å². The van der Waals surface area contributed by atoms with Crippen LogP contribution in [-0.2, 0) is 20.8 Å². The van der Waals surface area contributed by atoms with Gasteiger partial charge in [-0.05, 0) is 24.1 Å². The molecular formula is C13H22N2O3S2. The molecule has 0 aliphatic carbocycles. The highest BCUT2D eigenvalue weighted by molar-refractivity contribution is 7.89. The van der Waals surface area contributed by atoms with E-state index in [1.165, 1.54) is 6.07 Å². The van der Waals surface area contributed by atoms with E-state index < -0.39 is 20.8 Å². The Morgan fingerprint density at radius 1 is 1.35 bits per heavy atom. The molecule has 7 heteroatoms. The number of nitrogens with two attached hydrogens (primary N) is 1. The van der Waals surface area contributed by atoms with Crippen LogP contribution in [0.4, 0.5) is 0 Å². The lowest BCUT2D eigenvalue weighted by atomic mass is 10.1. The summed E-state index contributed by atoms with van der Waals surface area (Å²) in [7, 11) is -4.55. The molecular weight excluding hydrogens is 296 g/mol. The lowest BCUT2D eigenvalue weighted by Gasteiger charge is -2.11. The predicted octanol–water partition coefficient (Wildman–Crippen LogP) is 1.14. The molecule has 0 fully saturated rings. The number of hydrogen-bond donors (Lipinski definition) is 2. The average Bonchev–Trinajstić information content (AvgIpc) is 2.46. The lowest BCUT2D eigenvalue weighted by molar-refractivity contribution is 0.583. The zero-order valence-corrected chi connectivity index (χ0v) is 13.5. The van der Waals surface area contributed by atoms with E-state index >= 15 is 0 Å². The van der Waals surface area contributed by atoms with Crippen LogP contribution in [0.3, 0.4) is 0 Å². The summed E-state index contributed by atoms with van der Waals surface area (Å²) < 4.78 is 38.0. The van der Waals surface area contributed by atoms with E-state index in [4.69, 9.17) is 5.73 Å². The quantitative estimate of drug-likeness (QED) is 0.752. The van der Waals surface area contributed by atoms with Crippen molar-refractivity contribution < 1.29 is 12.6 Å². The Morgan fingerprint density at radius 3 is 2.65 bits per heavy atom. The van der Waals surface area contributed by atoms with Crippen molar-refractivity contribution in [2.75, 3.05) is 18.1 Å². The lowest BCUT2D eigenvalue weighted by Crippen LogP contribution is -2.28. The summed E-state index contributed by atoms with van der Waals surface area (Å²) in [6.45, 7) is 3.93. The van der Waals surface area contributed by atoms with Crippen molar-refractivity contribution in [2.24, 2.45) is 5.73 Å². The first kappa shape index (κ1) is 17.3. The summed E-state index contributed by atoms with van der Waals surface area (Å²) in [5, 5.41) is 0. The van der Waals surface area contributed by atoms with Crippen LogP contribution in [0, 0.1) is 0 Å². The van der Waals surface area contributed by atoms with Gasteiger partial charge in [-0.2, -0.15) is 0 Å². The summed E-state index contributed by atoms with van der Waals surface area (Å²) >= 11 is 0. The van der Waals surface area contributed by atoms with Crippen LogP contribution < -0.4 is 10.5 Å². The molecule has 2 atom stereocenters. The number of hydrogen-bond acceptors (Lipinski definition) is 4. The third-order valence-electron chi connectivity index (χ3n) is 2.98. The van der Waals surface area contributed by atoms with Crippen LogP contribution in [0.25, 0.3) is 0 Å². The first-order valence-electron chi connectivity index (χ1n) is 6.60. The van der Waals surface area contributed by atoms with Crippen molar-refractivity contribution >= 4 is 20.8 Å². The molecule has 0 bridgehead atoms. The normalized spacial score (nSPS) is 14.9. The van der Waals surface area contributed by atoms with Gasteiger partial charge in [0, 0.05) is 34.9 Å². The maximum absolute atomic E-state index is 12.1. The first-order chi connectivity index (χ1) is 9.40. The number of rotatable bonds is 8. The molecule has 20 heavy (non-hydrogen) atoms. The Kier molecular flexibility index (Phi) is 6.81. The van der Waals surface area contributed by atoms with Crippen LogP contribution in [0.2, 0.25) is 0 Å². The largest absolute Gasteiger partial charge is 0.324 e. The fourth-order valence-corrected chi connectivity index (χ4v) is 3.50. The highest BCUT2D eigenvalue weighted by Gasteiger charge is 2.15. The summed E-state index contributed by atoms with van der Waals surface area (Å²) in [4.78, 5) is 0.196. The van der Waals surface area contributed by atoms with Crippen LogP contribution >= 0.6 is 0 Å². The van der Waals surface area contributed by atoms with Gasteiger partial charge in [0.2, 0.25) is 10.0 Å². The average molecular weight is 318 g/mol. The van der Waals surface area contributed by atoms with Crippen molar-refractivity contribution in [1.82, 2.24) is 4.72 Å². The summed E-state index contributed by atoms with van der Waals surface area (Å²) in [5.74, 6) is 0.854. The van der Waals surface area contributed by atoms with Gasteiger partial charge >= 0.3 is 0 Å². The third-order valence-corrected chi connectivity index (χ3v) is 5.74. The Morgan fingerprint density at radius 2 is 2.05 bits per heavy atom. The molecule has 0 saturated heterocycles. The molecule has 0 aromatic heterocycles. The molecule has 0 radical (unpaired) electrons. The number of sulfonamides is 1.